The van der Waals surface area contributed by atoms with Gasteiger partial charge >= 0.3 is 21.7 Å². The molecule has 0 aromatic heterocycles. The summed E-state index contributed by atoms with van der Waals surface area (Å²) >= 11 is 0. The maximum Gasteiger partial charge on any atom is 0.704 e. The number of nitrogens with zero attached hydrogens (tertiary/aromatic N) is 2. The molecule has 0 saturated carbocycles. The van der Waals surface area contributed by atoms with Gasteiger partial charge in [-0.3, -0.25) is 19.6 Å². The second kappa shape index (κ2) is 7.37. The van der Waals surface area contributed by atoms with Crippen LogP contribution in [0.25, 0.3) is 0 Å². The molecule has 2 unspecified atom stereocenters. The second-order valence-corrected chi connectivity index (χ2v) is 9.85. The normalized spacial score (nSPS) is 23.0. The summed E-state index contributed by atoms with van der Waals surface area (Å²) < 4.78 is 47.6. The summed E-state index contributed by atoms with van der Waals surface area (Å²) in [5, 5.41) is 0. The van der Waals surface area contributed by atoms with Gasteiger partial charge in [-0.15, -0.1) is 0 Å². The Bertz CT molecular complexity index is 1310. The van der Waals surface area contributed by atoms with Gasteiger partial charge in [0, 0.05) is 0 Å². The lowest BCUT2D eigenvalue weighted by Gasteiger charge is -2.27. The number of phosphoric acid groups is 2. The molecule has 2 aromatic carbocycles. The Labute approximate surface area is 186 Å². The molecule has 2 atom stereocenters. The van der Waals surface area contributed by atoms with E-state index >= 15 is 0 Å². The van der Waals surface area contributed by atoms with Crippen molar-refractivity contribution in [1.29, 1.82) is 0 Å². The molecule has 3 heterocycles. The number of hydrogen-bond donors (Lipinski definition) is 5. The molecule has 1 saturated heterocycles. The van der Waals surface area contributed by atoms with Gasteiger partial charge in [-0.05, 0) is 36.4 Å². The fourth-order valence-electron chi connectivity index (χ4n) is 4.00. The summed E-state index contributed by atoms with van der Waals surface area (Å²) in [6.07, 6.45) is 3.44. The quantitative estimate of drug-likeness (QED) is 0.274. The van der Waals surface area contributed by atoms with Crippen LogP contribution in [0, 0.1) is 0 Å². The number of benzene rings is 2. The highest BCUT2D eigenvalue weighted by Crippen LogP contribution is 2.43. The van der Waals surface area contributed by atoms with E-state index in [-0.39, 0.29) is 24.1 Å². The molecule has 0 aliphatic carbocycles. The van der Waals surface area contributed by atoms with E-state index in [9.17, 15) is 9.13 Å². The summed E-state index contributed by atoms with van der Waals surface area (Å²) in [6, 6.07) is 6.95. The van der Waals surface area contributed by atoms with Crippen LogP contribution in [-0.2, 0) is 9.13 Å². The minimum absolute atomic E-state index is 0.0247. The Morgan fingerprint density at radius 3 is 1.94 bits per heavy atom. The smallest absolute Gasteiger partial charge is 0.404 e. The van der Waals surface area contributed by atoms with Gasteiger partial charge in [-0.1, -0.05) is 9.15 Å². The molecule has 0 bridgehead atoms. The summed E-state index contributed by atoms with van der Waals surface area (Å²) in [4.78, 5) is 36.3. The highest BCUT2D eigenvalue weighted by molar-refractivity contribution is 7.47. The molecule has 1 spiro atoms. The highest BCUT2D eigenvalue weighted by Gasteiger charge is 2.72. The number of nitrogens with two attached hydrogens (primary N) is 1. The van der Waals surface area contributed by atoms with Crippen LogP contribution in [0.1, 0.15) is 11.1 Å². The van der Waals surface area contributed by atoms with Crippen molar-refractivity contribution < 1.29 is 56.4 Å². The van der Waals surface area contributed by atoms with E-state index in [0.717, 1.165) is 0 Å². The molecular weight excluding hydrogens is 480 g/mol. The van der Waals surface area contributed by atoms with Crippen molar-refractivity contribution in [2.45, 2.75) is 12.1 Å². The minimum Gasteiger partial charge on any atom is -0.404 e. The zero-order valence-electron chi connectivity index (χ0n) is 16.7. The van der Waals surface area contributed by atoms with Crippen molar-refractivity contribution in [2.24, 2.45) is 5.73 Å². The van der Waals surface area contributed by atoms with Gasteiger partial charge in [0.25, 0.3) is 0 Å². The van der Waals surface area contributed by atoms with Crippen LogP contribution in [0.5, 0.6) is 23.0 Å². The van der Waals surface area contributed by atoms with Crippen molar-refractivity contribution in [2.75, 3.05) is 13.1 Å². The van der Waals surface area contributed by atoms with Crippen LogP contribution < -0.4 is 24.3 Å². The van der Waals surface area contributed by atoms with Gasteiger partial charge in [-0.2, -0.15) is 0 Å². The van der Waals surface area contributed by atoms with Gasteiger partial charge in [0.15, 0.2) is 23.9 Å². The molecule has 1 fully saturated rings. The van der Waals surface area contributed by atoms with Crippen molar-refractivity contribution in [3.8, 4) is 23.0 Å². The number of hydrogen-bond acceptors (Lipinski definition) is 7. The van der Waals surface area contributed by atoms with E-state index in [2.05, 4.69) is 9.05 Å². The lowest BCUT2D eigenvalue weighted by Crippen LogP contribution is -2.60. The fourth-order valence-corrected chi connectivity index (χ4v) is 4.77. The number of ether oxygens (including phenoxy) is 2. The van der Waals surface area contributed by atoms with Crippen LogP contribution in [0.4, 0.5) is 0 Å². The largest absolute Gasteiger partial charge is 0.704 e. The molecule has 3 aliphatic heterocycles. The Morgan fingerprint density at radius 1 is 0.939 bits per heavy atom. The third-order valence-electron chi connectivity index (χ3n) is 5.23. The molecule has 0 amide bonds. The van der Waals surface area contributed by atoms with Crippen molar-refractivity contribution in [1.82, 2.24) is 0 Å². The average Bonchev–Trinajstić information content (AvgIpc) is 3.00. The summed E-state index contributed by atoms with van der Waals surface area (Å²) in [7, 11) is -9.45. The van der Waals surface area contributed by atoms with Crippen molar-refractivity contribution in [3.63, 3.8) is 0 Å². The van der Waals surface area contributed by atoms with E-state index in [4.69, 9.17) is 34.8 Å². The zero-order valence-corrected chi connectivity index (χ0v) is 18.5. The topological polar surface area (TPSA) is 184 Å². The Balaban J connectivity index is 1.55. The van der Waals surface area contributed by atoms with Crippen LogP contribution >= 0.6 is 15.6 Å². The van der Waals surface area contributed by atoms with Crippen molar-refractivity contribution >= 4 is 28.1 Å². The Hall–Kier alpha value is -2.76. The summed E-state index contributed by atoms with van der Waals surface area (Å²) in [5.74, 6) is 0.705. The van der Waals surface area contributed by atoms with E-state index in [1.807, 2.05) is 0 Å². The maximum absolute atomic E-state index is 11.2. The zero-order chi connectivity index (χ0) is 23.6. The Kier molecular flexibility index (Phi) is 4.93. The molecule has 6 N–H and O–H groups in total. The molecule has 174 valence electrons. The first-order valence-electron chi connectivity index (χ1n) is 9.57. The van der Waals surface area contributed by atoms with E-state index < -0.39 is 21.7 Å². The third-order valence-corrected chi connectivity index (χ3v) is 6.13. The lowest BCUT2D eigenvalue weighted by atomic mass is 10.1. The fraction of sp³-hybridized carbons (Fsp3) is 0.222. The first-order chi connectivity index (χ1) is 15.5. The number of rotatable bonds is 5. The molecule has 15 heteroatoms. The van der Waals surface area contributed by atoms with Gasteiger partial charge in [0.05, 0.1) is 17.7 Å². The molecule has 3 aliphatic rings. The maximum atomic E-state index is 11.2. The molecule has 5 rings (SSSR count). The molecule has 13 nitrogen and oxygen atoms in total. The summed E-state index contributed by atoms with van der Waals surface area (Å²) in [6.45, 7) is 0.641. The number of phosphoric ester groups is 2. The first kappa shape index (κ1) is 22.1. The standard InChI is InChI=1S/C18H17N3O10P2/c19-7-13-10-20-8-11-5-14(30-32(22,23)24)1-3-16(11)28-18(20)21(13)9-12-6-15(31-33(25,26)27)2-4-17(12)29-18/h1-6,8-9,13H,7,10,19H2,(H2-2,22,23,24,25,26,27)/p+2. The summed E-state index contributed by atoms with van der Waals surface area (Å²) in [5.41, 5.74) is 7.00. The second-order valence-electron chi connectivity index (χ2n) is 7.52. The van der Waals surface area contributed by atoms with Gasteiger partial charge in [-0.25, -0.2) is 9.13 Å². The molecule has 33 heavy (non-hydrogen) atoms. The lowest BCUT2D eigenvalue weighted by molar-refractivity contribution is -0.860. The average molecular weight is 499 g/mol. The SMILES string of the molecule is NCC1C[N+]2=Cc3cc(OP(=O)(O)O)ccc3OC23Oc2ccc(OP(=O)(O)O)cc2C=[N+]13. The molecule has 2 aromatic rings. The van der Waals surface area contributed by atoms with Crippen LogP contribution in [0.3, 0.4) is 0 Å². The van der Waals surface area contributed by atoms with Gasteiger partial charge in [0.2, 0.25) is 12.6 Å². The van der Waals surface area contributed by atoms with Crippen LogP contribution in [-0.4, -0.2) is 66.3 Å². The molecule has 0 radical (unpaired) electrons. The van der Waals surface area contributed by atoms with Gasteiger partial charge < -0.3 is 24.3 Å². The van der Waals surface area contributed by atoms with Crippen LogP contribution in [0.2, 0.25) is 0 Å². The highest BCUT2D eigenvalue weighted by atomic mass is 31.2. The third kappa shape index (κ3) is 4.04. The minimum atomic E-state index is -4.73. The number of fused-ring (bicyclic) bond motifs is 2. The first-order valence-corrected chi connectivity index (χ1v) is 12.6. The monoisotopic (exact) mass is 499 g/mol. The van der Waals surface area contributed by atoms with E-state index in [1.165, 1.54) is 36.4 Å². The van der Waals surface area contributed by atoms with E-state index in [1.54, 1.807) is 21.6 Å². The predicted octanol–water partition coefficient (Wildman–Crippen LogP) is -0.0704. The Morgan fingerprint density at radius 2 is 1.45 bits per heavy atom. The van der Waals surface area contributed by atoms with Gasteiger partial charge in [0.1, 0.15) is 11.5 Å². The predicted molar refractivity (Wildman–Crippen MR) is 111 cm³/mol. The van der Waals surface area contributed by atoms with E-state index in [0.29, 0.717) is 29.2 Å². The van der Waals surface area contributed by atoms with Crippen LogP contribution in [0.15, 0.2) is 36.4 Å². The van der Waals surface area contributed by atoms with Crippen molar-refractivity contribution in [3.05, 3.63) is 47.5 Å². The molecular formula is C18H19N3O10P2+2.